The van der Waals surface area contributed by atoms with Crippen molar-refractivity contribution in [3.05, 3.63) is 41.7 Å². The maximum atomic E-state index is 12.5. The average Bonchev–Trinajstić information content (AvgIpc) is 3.24. The first-order chi connectivity index (χ1) is 11.5. The number of aromatic nitrogens is 4. The number of hydrogen-bond donors (Lipinski definition) is 2. The highest BCUT2D eigenvalue weighted by molar-refractivity contribution is 5.93. The molecule has 0 saturated carbocycles. The molecule has 1 saturated heterocycles. The maximum absolute atomic E-state index is 12.5. The summed E-state index contributed by atoms with van der Waals surface area (Å²) in [5, 5.41) is 9.88. The van der Waals surface area contributed by atoms with Gasteiger partial charge >= 0.3 is 0 Å². The Morgan fingerprint density at radius 2 is 2.17 bits per heavy atom. The average molecular weight is 328 g/mol. The first kappa shape index (κ1) is 16.1. The third-order valence-electron chi connectivity index (χ3n) is 4.05. The van der Waals surface area contributed by atoms with E-state index in [4.69, 9.17) is 0 Å². The predicted octanol–water partition coefficient (Wildman–Crippen LogP) is 0.968. The highest BCUT2D eigenvalue weighted by Crippen LogP contribution is 2.16. The summed E-state index contributed by atoms with van der Waals surface area (Å²) in [5.74, 6) is -0.102. The molecule has 3 heterocycles. The van der Waals surface area contributed by atoms with Gasteiger partial charge in [0.25, 0.3) is 11.8 Å². The van der Waals surface area contributed by atoms with Gasteiger partial charge in [0, 0.05) is 37.2 Å². The van der Waals surface area contributed by atoms with Crippen molar-refractivity contribution >= 4 is 11.8 Å². The Labute approximate surface area is 139 Å². The fraction of sp³-hybridized carbons (Fsp3) is 0.438. The van der Waals surface area contributed by atoms with E-state index in [0.717, 1.165) is 5.69 Å². The topological polar surface area (TPSA) is 104 Å². The van der Waals surface area contributed by atoms with Gasteiger partial charge in [-0.05, 0) is 18.4 Å². The molecule has 0 radical (unpaired) electrons. The van der Waals surface area contributed by atoms with Crippen molar-refractivity contribution in [2.24, 2.45) is 0 Å². The molecule has 1 aliphatic heterocycles. The predicted molar refractivity (Wildman–Crippen MR) is 86.5 cm³/mol. The largest absolute Gasteiger partial charge is 0.346 e. The number of likely N-dealkylation sites (tertiary alicyclic amines) is 1. The summed E-state index contributed by atoms with van der Waals surface area (Å²) in [6, 6.07) is 1.70. The maximum Gasteiger partial charge on any atom is 0.274 e. The molecule has 24 heavy (non-hydrogen) atoms. The minimum atomic E-state index is -0.274. The number of H-pyrrole nitrogens is 1. The zero-order chi connectivity index (χ0) is 17.1. The Morgan fingerprint density at radius 3 is 2.83 bits per heavy atom. The van der Waals surface area contributed by atoms with Crippen molar-refractivity contribution in [2.75, 3.05) is 13.1 Å². The molecule has 1 fully saturated rings. The third kappa shape index (κ3) is 3.42. The fourth-order valence-electron chi connectivity index (χ4n) is 2.64. The molecule has 0 aliphatic carbocycles. The lowest BCUT2D eigenvalue weighted by Crippen LogP contribution is -2.38. The minimum absolute atomic E-state index is 0.0908. The lowest BCUT2D eigenvalue weighted by Gasteiger charge is -2.15. The van der Waals surface area contributed by atoms with Crippen LogP contribution in [0.1, 0.15) is 52.9 Å². The quantitative estimate of drug-likeness (QED) is 0.870. The van der Waals surface area contributed by atoms with Crippen LogP contribution >= 0.6 is 0 Å². The SMILES string of the molecule is CC(C)c1cc(C(=O)N2CCC(NC(=O)c3cnccn3)C2)n[nH]1. The van der Waals surface area contributed by atoms with Crippen LogP contribution in [-0.4, -0.2) is 56.0 Å². The van der Waals surface area contributed by atoms with Gasteiger partial charge in [-0.25, -0.2) is 4.98 Å². The molecular formula is C16H20N6O2. The molecule has 8 nitrogen and oxygen atoms in total. The van der Waals surface area contributed by atoms with Gasteiger partial charge in [0.2, 0.25) is 0 Å². The third-order valence-corrected chi connectivity index (χ3v) is 4.05. The van der Waals surface area contributed by atoms with Gasteiger partial charge in [0.1, 0.15) is 11.4 Å². The van der Waals surface area contributed by atoms with Crippen LogP contribution in [0.2, 0.25) is 0 Å². The van der Waals surface area contributed by atoms with Gasteiger partial charge in [-0.3, -0.25) is 19.7 Å². The summed E-state index contributed by atoms with van der Waals surface area (Å²) in [5.41, 5.74) is 1.63. The van der Waals surface area contributed by atoms with Crippen LogP contribution in [0.5, 0.6) is 0 Å². The van der Waals surface area contributed by atoms with Crippen molar-refractivity contribution in [3.63, 3.8) is 0 Å². The number of nitrogens with zero attached hydrogens (tertiary/aromatic N) is 4. The molecule has 2 aromatic rings. The van der Waals surface area contributed by atoms with E-state index in [0.29, 0.717) is 25.2 Å². The Hall–Kier alpha value is -2.77. The van der Waals surface area contributed by atoms with Crippen LogP contribution in [0.15, 0.2) is 24.7 Å². The molecule has 3 rings (SSSR count). The van der Waals surface area contributed by atoms with E-state index >= 15 is 0 Å². The first-order valence-electron chi connectivity index (χ1n) is 7.96. The molecule has 0 bridgehead atoms. The van der Waals surface area contributed by atoms with Crippen LogP contribution in [0, 0.1) is 0 Å². The molecular weight excluding hydrogens is 308 g/mol. The molecule has 126 valence electrons. The van der Waals surface area contributed by atoms with Crippen molar-refractivity contribution in [1.29, 1.82) is 0 Å². The minimum Gasteiger partial charge on any atom is -0.346 e. The summed E-state index contributed by atoms with van der Waals surface area (Å²) >= 11 is 0. The van der Waals surface area contributed by atoms with Gasteiger partial charge in [0.15, 0.2) is 0 Å². The fourth-order valence-corrected chi connectivity index (χ4v) is 2.64. The smallest absolute Gasteiger partial charge is 0.274 e. The van der Waals surface area contributed by atoms with E-state index in [-0.39, 0.29) is 29.5 Å². The Bertz CT molecular complexity index is 727. The van der Waals surface area contributed by atoms with E-state index in [2.05, 4.69) is 25.5 Å². The highest BCUT2D eigenvalue weighted by atomic mass is 16.2. The van der Waals surface area contributed by atoms with Crippen molar-refractivity contribution in [2.45, 2.75) is 32.2 Å². The monoisotopic (exact) mass is 328 g/mol. The summed E-state index contributed by atoms with van der Waals surface area (Å²) in [7, 11) is 0. The Kier molecular flexibility index (Phi) is 4.54. The zero-order valence-electron chi connectivity index (χ0n) is 13.7. The summed E-state index contributed by atoms with van der Waals surface area (Å²) in [6.45, 7) is 5.13. The molecule has 1 unspecified atom stereocenters. The van der Waals surface area contributed by atoms with Crippen molar-refractivity contribution < 1.29 is 9.59 Å². The summed E-state index contributed by atoms with van der Waals surface area (Å²) in [4.78, 5) is 34.1. The van der Waals surface area contributed by atoms with Crippen molar-refractivity contribution in [3.8, 4) is 0 Å². The van der Waals surface area contributed by atoms with Gasteiger partial charge in [-0.2, -0.15) is 5.10 Å². The van der Waals surface area contributed by atoms with Crippen LogP contribution in [0.3, 0.4) is 0 Å². The number of carbonyl (C=O) groups is 2. The van der Waals surface area contributed by atoms with Gasteiger partial charge in [0.05, 0.1) is 6.20 Å². The molecule has 8 heteroatoms. The van der Waals surface area contributed by atoms with E-state index in [1.807, 2.05) is 13.8 Å². The number of rotatable bonds is 4. The van der Waals surface area contributed by atoms with Crippen LogP contribution in [-0.2, 0) is 0 Å². The number of hydrogen-bond acceptors (Lipinski definition) is 5. The molecule has 1 aliphatic rings. The second-order valence-electron chi connectivity index (χ2n) is 6.16. The first-order valence-corrected chi connectivity index (χ1v) is 7.96. The molecule has 2 amide bonds. The number of aromatic amines is 1. The van der Waals surface area contributed by atoms with E-state index < -0.39 is 0 Å². The lowest BCUT2D eigenvalue weighted by molar-refractivity contribution is 0.0777. The second-order valence-corrected chi connectivity index (χ2v) is 6.16. The van der Waals surface area contributed by atoms with Crippen LogP contribution in [0.4, 0.5) is 0 Å². The summed E-state index contributed by atoms with van der Waals surface area (Å²) in [6.07, 6.45) is 5.12. The molecule has 0 aromatic carbocycles. The standard InChI is InChI=1S/C16H20N6O2/c1-10(2)12-7-13(21-20-12)16(24)22-6-3-11(9-22)19-15(23)14-8-17-4-5-18-14/h4-5,7-8,10-11H,3,6,9H2,1-2H3,(H,19,23)(H,20,21). The van der Waals surface area contributed by atoms with Crippen molar-refractivity contribution in [1.82, 2.24) is 30.4 Å². The van der Waals surface area contributed by atoms with Gasteiger partial charge in [-0.15, -0.1) is 0 Å². The van der Waals surface area contributed by atoms with E-state index in [9.17, 15) is 9.59 Å². The van der Waals surface area contributed by atoms with Crippen LogP contribution in [0.25, 0.3) is 0 Å². The van der Waals surface area contributed by atoms with E-state index in [1.54, 1.807) is 11.0 Å². The lowest BCUT2D eigenvalue weighted by atomic mass is 10.1. The highest BCUT2D eigenvalue weighted by Gasteiger charge is 2.29. The zero-order valence-corrected chi connectivity index (χ0v) is 13.7. The normalized spacial score (nSPS) is 17.3. The molecule has 2 aromatic heterocycles. The molecule has 2 N–H and O–H groups in total. The molecule has 1 atom stereocenters. The number of nitrogens with one attached hydrogen (secondary N) is 2. The number of amides is 2. The van der Waals surface area contributed by atoms with E-state index in [1.165, 1.54) is 18.6 Å². The Balaban J connectivity index is 1.58. The van der Waals surface area contributed by atoms with Gasteiger partial charge < -0.3 is 10.2 Å². The van der Waals surface area contributed by atoms with Crippen LogP contribution < -0.4 is 5.32 Å². The number of carbonyl (C=O) groups excluding carboxylic acids is 2. The summed E-state index contributed by atoms with van der Waals surface area (Å²) < 4.78 is 0. The molecule has 0 spiro atoms. The van der Waals surface area contributed by atoms with Gasteiger partial charge in [-0.1, -0.05) is 13.8 Å². The Morgan fingerprint density at radius 1 is 1.33 bits per heavy atom. The second kappa shape index (κ2) is 6.77.